The lowest BCUT2D eigenvalue weighted by atomic mass is 10.1. The predicted molar refractivity (Wildman–Crippen MR) is 110 cm³/mol. The smallest absolute Gasteiger partial charge is 0.343 e. The van der Waals surface area contributed by atoms with Crippen molar-refractivity contribution in [2.24, 2.45) is 0 Å². The zero-order valence-electron chi connectivity index (χ0n) is 16.2. The Labute approximate surface area is 165 Å². The number of unbranched alkanes of at least 4 members (excludes halogenated alkanes) is 4. The largest absolute Gasteiger partial charge is 0.421 e. The number of anilines is 2. The van der Waals surface area contributed by atoms with Gasteiger partial charge in [0.05, 0.1) is 11.1 Å². The van der Waals surface area contributed by atoms with Gasteiger partial charge in [-0.25, -0.2) is 9.59 Å². The number of esters is 2. The number of hydrogen-bond acceptors (Lipinski definition) is 6. The summed E-state index contributed by atoms with van der Waals surface area (Å²) in [5.74, 6) is -1.24. The number of nitrogen functional groups attached to an aromatic ring is 2. The third-order valence-corrected chi connectivity index (χ3v) is 4.38. The minimum atomic E-state index is -0.999. The summed E-state index contributed by atoms with van der Waals surface area (Å²) in [6.45, 7) is 2.14. The van der Waals surface area contributed by atoms with Crippen LogP contribution in [0.25, 0.3) is 0 Å². The van der Waals surface area contributed by atoms with E-state index in [1.807, 2.05) is 0 Å². The minimum absolute atomic E-state index is 0.244. The normalized spacial score (nSPS) is 10.6. The summed E-state index contributed by atoms with van der Waals surface area (Å²) in [5, 5.41) is 0. The van der Waals surface area contributed by atoms with Crippen LogP contribution in [-0.4, -0.2) is 18.2 Å². The van der Waals surface area contributed by atoms with Crippen LogP contribution in [0.15, 0.2) is 48.5 Å². The van der Waals surface area contributed by atoms with Gasteiger partial charge in [-0.15, -0.1) is 0 Å². The Hall–Kier alpha value is -3.02. The molecule has 2 aromatic carbocycles. The summed E-state index contributed by atoms with van der Waals surface area (Å²) in [5.41, 5.74) is 12.8. The molecule has 28 heavy (non-hydrogen) atoms. The molecule has 2 rings (SSSR count). The molecule has 0 atom stereocenters. The van der Waals surface area contributed by atoms with Crippen LogP contribution in [0.3, 0.4) is 0 Å². The molecule has 6 heteroatoms. The lowest BCUT2D eigenvalue weighted by Gasteiger charge is -2.19. The van der Waals surface area contributed by atoms with E-state index in [9.17, 15) is 9.59 Å². The molecule has 4 N–H and O–H groups in total. The summed E-state index contributed by atoms with van der Waals surface area (Å²) in [6.07, 6.45) is 4.53. The number of carbonyl (C=O) groups excluding carboxylic acids is 2. The van der Waals surface area contributed by atoms with E-state index in [-0.39, 0.29) is 11.1 Å². The Bertz CT molecular complexity index is 732. The van der Waals surface area contributed by atoms with Crippen molar-refractivity contribution in [1.29, 1.82) is 0 Å². The molecular formula is C22H28N2O4. The Morgan fingerprint density at radius 1 is 0.786 bits per heavy atom. The van der Waals surface area contributed by atoms with Gasteiger partial charge < -0.3 is 20.9 Å². The van der Waals surface area contributed by atoms with Crippen LogP contribution in [-0.2, 0) is 9.47 Å². The van der Waals surface area contributed by atoms with Crippen LogP contribution >= 0.6 is 0 Å². The van der Waals surface area contributed by atoms with E-state index in [2.05, 4.69) is 6.92 Å². The number of ether oxygens (including phenoxy) is 2. The molecule has 0 amide bonds. The second-order valence-corrected chi connectivity index (χ2v) is 6.62. The first kappa shape index (κ1) is 21.3. The van der Waals surface area contributed by atoms with E-state index in [1.165, 1.54) is 0 Å². The molecule has 6 nitrogen and oxygen atoms in total. The second-order valence-electron chi connectivity index (χ2n) is 6.62. The molecule has 150 valence electrons. The molecule has 0 bridgehead atoms. The molecule has 0 aliphatic carbocycles. The van der Waals surface area contributed by atoms with E-state index in [0.29, 0.717) is 17.8 Å². The van der Waals surface area contributed by atoms with Gasteiger partial charge >= 0.3 is 11.9 Å². The van der Waals surface area contributed by atoms with E-state index in [4.69, 9.17) is 20.9 Å². The van der Waals surface area contributed by atoms with Crippen LogP contribution in [0.4, 0.5) is 11.4 Å². The van der Waals surface area contributed by atoms with Crippen molar-refractivity contribution >= 4 is 23.3 Å². The lowest BCUT2D eigenvalue weighted by Crippen LogP contribution is -2.25. The molecule has 0 saturated heterocycles. The van der Waals surface area contributed by atoms with Gasteiger partial charge in [-0.1, -0.05) is 56.9 Å². The van der Waals surface area contributed by atoms with Crippen LogP contribution in [0, 0.1) is 0 Å². The molecule has 2 aromatic rings. The van der Waals surface area contributed by atoms with Crippen molar-refractivity contribution in [3.8, 4) is 0 Å². The quantitative estimate of drug-likeness (QED) is 0.269. The average molecular weight is 384 g/mol. The maximum absolute atomic E-state index is 12.5. The molecule has 0 unspecified atom stereocenters. The van der Waals surface area contributed by atoms with Gasteiger partial charge in [0.1, 0.15) is 0 Å². The number of para-hydroxylation sites is 2. The molecule has 0 aromatic heterocycles. The molecule has 0 radical (unpaired) electrons. The number of nitrogens with two attached hydrogens (primary N) is 2. The topological polar surface area (TPSA) is 105 Å². The third-order valence-electron chi connectivity index (χ3n) is 4.38. The summed E-state index contributed by atoms with van der Waals surface area (Å²) in [6, 6.07) is 13.2. The van der Waals surface area contributed by atoms with Crippen molar-refractivity contribution in [2.45, 2.75) is 51.7 Å². The zero-order chi connectivity index (χ0) is 20.4. The van der Waals surface area contributed by atoms with Gasteiger partial charge in [0, 0.05) is 17.8 Å². The lowest BCUT2D eigenvalue weighted by molar-refractivity contribution is -0.0836. The zero-order valence-corrected chi connectivity index (χ0v) is 16.2. The van der Waals surface area contributed by atoms with E-state index in [0.717, 1.165) is 32.1 Å². The SMILES string of the molecule is CCCCCCCC(OC(=O)c1ccccc1N)OC(=O)c1ccccc1N. The number of rotatable bonds is 10. The summed E-state index contributed by atoms with van der Waals surface area (Å²) in [7, 11) is 0. The fraction of sp³-hybridized carbons (Fsp3) is 0.364. The van der Waals surface area contributed by atoms with Crippen molar-refractivity contribution in [1.82, 2.24) is 0 Å². The monoisotopic (exact) mass is 384 g/mol. The maximum atomic E-state index is 12.5. The van der Waals surface area contributed by atoms with Crippen LogP contribution in [0.1, 0.15) is 66.2 Å². The molecule has 0 aliphatic rings. The van der Waals surface area contributed by atoms with Crippen molar-refractivity contribution in [3.63, 3.8) is 0 Å². The van der Waals surface area contributed by atoms with Gasteiger partial charge in [-0.3, -0.25) is 0 Å². The van der Waals surface area contributed by atoms with Gasteiger partial charge in [-0.05, 0) is 30.7 Å². The van der Waals surface area contributed by atoms with Crippen LogP contribution in [0.2, 0.25) is 0 Å². The minimum Gasteiger partial charge on any atom is -0.421 e. The van der Waals surface area contributed by atoms with Crippen molar-refractivity contribution < 1.29 is 19.1 Å². The Balaban J connectivity index is 2.05. The van der Waals surface area contributed by atoms with E-state index >= 15 is 0 Å². The highest BCUT2D eigenvalue weighted by Crippen LogP contribution is 2.19. The molecule has 0 aliphatic heterocycles. The van der Waals surface area contributed by atoms with Gasteiger partial charge in [-0.2, -0.15) is 0 Å². The highest BCUT2D eigenvalue weighted by atomic mass is 16.7. The average Bonchev–Trinajstić information content (AvgIpc) is 2.68. The first-order chi connectivity index (χ1) is 13.5. The Morgan fingerprint density at radius 3 is 1.71 bits per heavy atom. The van der Waals surface area contributed by atoms with Crippen LogP contribution in [0.5, 0.6) is 0 Å². The predicted octanol–water partition coefficient (Wildman–Crippen LogP) is 4.55. The molecule has 0 heterocycles. The van der Waals surface area contributed by atoms with E-state index < -0.39 is 18.2 Å². The fourth-order valence-electron chi connectivity index (χ4n) is 2.79. The highest BCUT2D eigenvalue weighted by molar-refractivity contribution is 5.96. The maximum Gasteiger partial charge on any atom is 0.343 e. The van der Waals surface area contributed by atoms with E-state index in [1.54, 1.807) is 48.5 Å². The number of hydrogen-bond donors (Lipinski definition) is 2. The molecule has 0 saturated carbocycles. The first-order valence-corrected chi connectivity index (χ1v) is 9.64. The third kappa shape index (κ3) is 6.30. The van der Waals surface area contributed by atoms with Crippen LogP contribution < -0.4 is 11.5 Å². The molecule has 0 fully saturated rings. The fourth-order valence-corrected chi connectivity index (χ4v) is 2.79. The number of carbonyl (C=O) groups is 2. The highest BCUT2D eigenvalue weighted by Gasteiger charge is 2.22. The van der Waals surface area contributed by atoms with Gasteiger partial charge in [0.15, 0.2) is 0 Å². The van der Waals surface area contributed by atoms with Crippen molar-refractivity contribution in [2.75, 3.05) is 11.5 Å². The standard InChI is InChI=1S/C22H28N2O4/c1-2-3-4-5-6-15-20(27-21(25)16-11-7-9-13-18(16)23)28-22(26)17-12-8-10-14-19(17)24/h7-14,20H,2-6,15,23-24H2,1H3. The summed E-state index contributed by atoms with van der Waals surface area (Å²) in [4.78, 5) is 25.0. The Kier molecular flexibility index (Phi) is 8.34. The number of benzene rings is 2. The first-order valence-electron chi connectivity index (χ1n) is 9.64. The van der Waals surface area contributed by atoms with Gasteiger partial charge in [0.25, 0.3) is 0 Å². The summed E-state index contributed by atoms with van der Waals surface area (Å²) >= 11 is 0. The van der Waals surface area contributed by atoms with Crippen molar-refractivity contribution in [3.05, 3.63) is 59.7 Å². The second kappa shape index (κ2) is 11.0. The molecular weight excluding hydrogens is 356 g/mol. The Morgan fingerprint density at radius 2 is 1.25 bits per heavy atom. The molecule has 0 spiro atoms. The van der Waals surface area contributed by atoms with Gasteiger partial charge in [0.2, 0.25) is 6.29 Å². The summed E-state index contributed by atoms with van der Waals surface area (Å²) < 4.78 is 10.9.